The maximum atomic E-state index is 5.20. The number of hydrogen-bond acceptors (Lipinski definition) is 2. The predicted octanol–water partition coefficient (Wildman–Crippen LogP) is 4.03. The molecule has 0 aromatic heterocycles. The van der Waals surface area contributed by atoms with E-state index in [1.165, 1.54) is 30.4 Å². The van der Waals surface area contributed by atoms with Gasteiger partial charge < -0.3 is 10.1 Å². The fraction of sp³-hybridized carbons (Fsp3) is 0.368. The Labute approximate surface area is 127 Å². The van der Waals surface area contributed by atoms with Crippen molar-refractivity contribution in [1.29, 1.82) is 0 Å². The molecule has 1 N–H and O–H groups in total. The first-order chi connectivity index (χ1) is 10.3. The number of fused-ring (bicyclic) bond motifs is 1. The Morgan fingerprint density at radius 2 is 1.81 bits per heavy atom. The van der Waals surface area contributed by atoms with Gasteiger partial charge in [-0.2, -0.15) is 0 Å². The lowest BCUT2D eigenvalue weighted by Crippen LogP contribution is -2.18. The van der Waals surface area contributed by atoms with Gasteiger partial charge in [-0.3, -0.25) is 0 Å². The van der Waals surface area contributed by atoms with Crippen molar-refractivity contribution in [2.45, 2.75) is 38.8 Å². The highest BCUT2D eigenvalue weighted by molar-refractivity contribution is 5.35. The molecule has 3 rings (SSSR count). The van der Waals surface area contributed by atoms with Gasteiger partial charge in [0, 0.05) is 12.6 Å². The highest BCUT2D eigenvalue weighted by atomic mass is 16.5. The maximum absolute atomic E-state index is 5.20. The smallest absolute Gasteiger partial charge is 0.118 e. The molecule has 1 aliphatic carbocycles. The number of ether oxygens (including phenoxy) is 1. The van der Waals surface area contributed by atoms with E-state index in [4.69, 9.17) is 4.74 Å². The third-order valence-electron chi connectivity index (χ3n) is 4.39. The number of methoxy groups -OCH3 is 1. The van der Waals surface area contributed by atoms with Crippen LogP contribution in [0.3, 0.4) is 0 Å². The second-order valence-electron chi connectivity index (χ2n) is 5.83. The van der Waals surface area contributed by atoms with Gasteiger partial charge in [-0.05, 0) is 60.6 Å². The number of aryl methyl sites for hydroxylation is 2. The monoisotopic (exact) mass is 281 g/mol. The van der Waals surface area contributed by atoms with Gasteiger partial charge in [-0.15, -0.1) is 0 Å². The van der Waals surface area contributed by atoms with Crippen LogP contribution in [0.4, 0.5) is 0 Å². The molecule has 21 heavy (non-hydrogen) atoms. The molecule has 1 aliphatic rings. The fourth-order valence-corrected chi connectivity index (χ4v) is 3.02. The molecular formula is C19H23NO. The lowest BCUT2D eigenvalue weighted by Gasteiger charge is -2.15. The lowest BCUT2D eigenvalue weighted by molar-refractivity contribution is 0.414. The van der Waals surface area contributed by atoms with Gasteiger partial charge in [-0.25, -0.2) is 0 Å². The molecule has 0 fully saturated rings. The second-order valence-corrected chi connectivity index (χ2v) is 5.83. The minimum Gasteiger partial charge on any atom is -0.497 e. The van der Waals surface area contributed by atoms with Crippen LogP contribution in [0.2, 0.25) is 0 Å². The molecule has 0 bridgehead atoms. The van der Waals surface area contributed by atoms with Gasteiger partial charge in [0.05, 0.1) is 7.11 Å². The Balaban J connectivity index is 1.61. The summed E-state index contributed by atoms with van der Waals surface area (Å²) < 4.78 is 5.20. The van der Waals surface area contributed by atoms with Crippen molar-refractivity contribution in [3.05, 3.63) is 64.7 Å². The third-order valence-corrected chi connectivity index (χ3v) is 4.39. The maximum Gasteiger partial charge on any atom is 0.118 e. The Hall–Kier alpha value is -1.80. The van der Waals surface area contributed by atoms with E-state index in [1.54, 1.807) is 18.2 Å². The van der Waals surface area contributed by atoms with Crippen LogP contribution in [-0.4, -0.2) is 7.11 Å². The van der Waals surface area contributed by atoms with Crippen LogP contribution in [0.15, 0.2) is 42.5 Å². The number of rotatable bonds is 5. The molecular weight excluding hydrogens is 258 g/mol. The van der Waals surface area contributed by atoms with E-state index in [0.29, 0.717) is 6.04 Å². The van der Waals surface area contributed by atoms with Crippen LogP contribution < -0.4 is 10.1 Å². The van der Waals surface area contributed by atoms with Crippen molar-refractivity contribution < 1.29 is 4.74 Å². The highest BCUT2D eigenvalue weighted by Crippen LogP contribution is 2.23. The van der Waals surface area contributed by atoms with Gasteiger partial charge in [-0.1, -0.05) is 30.3 Å². The van der Waals surface area contributed by atoms with Gasteiger partial charge in [0.25, 0.3) is 0 Å². The summed E-state index contributed by atoms with van der Waals surface area (Å²) in [7, 11) is 1.70. The molecule has 0 heterocycles. The summed E-state index contributed by atoms with van der Waals surface area (Å²) in [5.74, 6) is 0.907. The fourth-order valence-electron chi connectivity index (χ4n) is 3.02. The molecule has 0 unspecified atom stereocenters. The van der Waals surface area contributed by atoms with Gasteiger partial charge in [0.2, 0.25) is 0 Å². The Morgan fingerprint density at radius 1 is 1.05 bits per heavy atom. The molecule has 110 valence electrons. The minimum atomic E-state index is 0.337. The quantitative estimate of drug-likeness (QED) is 0.893. The first kappa shape index (κ1) is 14.2. The highest BCUT2D eigenvalue weighted by Gasteiger charge is 2.11. The summed E-state index contributed by atoms with van der Waals surface area (Å²) in [5, 5.41) is 3.60. The van der Waals surface area contributed by atoms with Crippen LogP contribution in [0, 0.1) is 0 Å². The molecule has 0 amide bonds. The van der Waals surface area contributed by atoms with E-state index in [0.717, 1.165) is 12.3 Å². The van der Waals surface area contributed by atoms with Crippen LogP contribution in [-0.2, 0) is 19.4 Å². The summed E-state index contributed by atoms with van der Waals surface area (Å²) in [6.45, 7) is 3.12. The molecule has 1 atom stereocenters. The first-order valence-corrected chi connectivity index (χ1v) is 7.74. The van der Waals surface area contributed by atoms with E-state index in [9.17, 15) is 0 Å². The van der Waals surface area contributed by atoms with Gasteiger partial charge in [0.1, 0.15) is 5.75 Å². The molecule has 0 spiro atoms. The van der Waals surface area contributed by atoms with Crippen molar-refractivity contribution in [3.63, 3.8) is 0 Å². The summed E-state index contributed by atoms with van der Waals surface area (Å²) >= 11 is 0. The van der Waals surface area contributed by atoms with Crippen LogP contribution in [0.25, 0.3) is 0 Å². The summed E-state index contributed by atoms with van der Waals surface area (Å²) in [5.41, 5.74) is 5.77. The largest absolute Gasteiger partial charge is 0.497 e. The number of nitrogens with one attached hydrogen (secondary N) is 1. The van der Waals surface area contributed by atoms with E-state index < -0.39 is 0 Å². The lowest BCUT2D eigenvalue weighted by atomic mass is 10.1. The van der Waals surface area contributed by atoms with E-state index in [-0.39, 0.29) is 0 Å². The molecule has 0 aliphatic heterocycles. The normalized spacial score (nSPS) is 14.8. The SMILES string of the molecule is COc1ccc([C@@H](C)NCc2ccc3c(c2)CCC3)cc1. The topological polar surface area (TPSA) is 21.3 Å². The third kappa shape index (κ3) is 3.27. The average Bonchev–Trinajstić information content (AvgIpc) is 3.00. The van der Waals surface area contributed by atoms with Crippen molar-refractivity contribution in [1.82, 2.24) is 5.32 Å². The average molecular weight is 281 g/mol. The van der Waals surface area contributed by atoms with Crippen molar-refractivity contribution in [3.8, 4) is 5.75 Å². The van der Waals surface area contributed by atoms with Crippen LogP contribution in [0.1, 0.15) is 41.6 Å². The van der Waals surface area contributed by atoms with Crippen molar-refractivity contribution >= 4 is 0 Å². The summed E-state index contributed by atoms with van der Waals surface area (Å²) in [4.78, 5) is 0. The van der Waals surface area contributed by atoms with Crippen LogP contribution >= 0.6 is 0 Å². The van der Waals surface area contributed by atoms with Gasteiger partial charge in [0.15, 0.2) is 0 Å². The second kappa shape index (κ2) is 6.31. The Kier molecular flexibility index (Phi) is 4.26. The minimum absolute atomic E-state index is 0.337. The zero-order valence-corrected chi connectivity index (χ0v) is 12.9. The molecule has 0 radical (unpaired) electrons. The molecule has 2 aromatic rings. The first-order valence-electron chi connectivity index (χ1n) is 7.74. The van der Waals surface area contributed by atoms with Crippen molar-refractivity contribution in [2.75, 3.05) is 7.11 Å². The number of hydrogen-bond donors (Lipinski definition) is 1. The zero-order chi connectivity index (χ0) is 14.7. The zero-order valence-electron chi connectivity index (χ0n) is 12.9. The molecule has 0 saturated carbocycles. The molecule has 2 aromatic carbocycles. The Morgan fingerprint density at radius 3 is 2.57 bits per heavy atom. The van der Waals surface area contributed by atoms with Crippen molar-refractivity contribution in [2.24, 2.45) is 0 Å². The standard InChI is InChI=1S/C19H23NO/c1-14(16-8-10-19(21-2)11-9-16)20-13-15-6-7-17-4-3-5-18(17)12-15/h6-12,14,20H,3-5,13H2,1-2H3/t14-/m1/s1. The van der Waals surface area contributed by atoms with E-state index >= 15 is 0 Å². The Bertz CT molecular complexity index is 603. The van der Waals surface area contributed by atoms with E-state index in [1.807, 2.05) is 12.1 Å². The van der Waals surface area contributed by atoms with Crippen LogP contribution in [0.5, 0.6) is 5.75 Å². The summed E-state index contributed by atoms with van der Waals surface area (Å²) in [6, 6.07) is 15.6. The van der Waals surface area contributed by atoms with E-state index in [2.05, 4.69) is 42.6 Å². The molecule has 2 heteroatoms. The number of benzene rings is 2. The molecule has 2 nitrogen and oxygen atoms in total. The molecule has 0 saturated heterocycles. The summed E-state index contributed by atoms with van der Waals surface area (Å²) in [6.07, 6.45) is 3.82. The van der Waals surface area contributed by atoms with Gasteiger partial charge >= 0.3 is 0 Å². The predicted molar refractivity (Wildman–Crippen MR) is 86.7 cm³/mol.